The lowest BCUT2D eigenvalue weighted by Gasteiger charge is -2.13. The molecular formula is C17H26IN3O3. The minimum Gasteiger partial charge on any atom is -0.454 e. The maximum atomic E-state index is 5.61. The van der Waals surface area contributed by atoms with Crippen molar-refractivity contribution in [3.63, 3.8) is 0 Å². The molecule has 0 radical (unpaired) electrons. The van der Waals surface area contributed by atoms with Crippen molar-refractivity contribution >= 4 is 29.9 Å². The molecule has 1 unspecified atom stereocenters. The van der Waals surface area contributed by atoms with E-state index in [0.717, 1.165) is 63.0 Å². The second-order valence-electron chi connectivity index (χ2n) is 5.72. The number of fused-ring (bicyclic) bond motifs is 1. The van der Waals surface area contributed by atoms with Crippen molar-refractivity contribution in [1.82, 2.24) is 10.6 Å². The zero-order valence-electron chi connectivity index (χ0n) is 14.0. The van der Waals surface area contributed by atoms with Gasteiger partial charge in [-0.25, -0.2) is 0 Å². The van der Waals surface area contributed by atoms with Gasteiger partial charge in [-0.1, -0.05) is 6.07 Å². The normalized spacial score (nSPS) is 19.0. The van der Waals surface area contributed by atoms with Crippen molar-refractivity contribution in [2.24, 2.45) is 4.99 Å². The number of hydrogen-bond acceptors (Lipinski definition) is 4. The van der Waals surface area contributed by atoms with Gasteiger partial charge in [-0.3, -0.25) is 4.99 Å². The number of ether oxygens (including phenoxy) is 3. The van der Waals surface area contributed by atoms with E-state index in [1.54, 1.807) is 0 Å². The summed E-state index contributed by atoms with van der Waals surface area (Å²) in [7, 11) is 0. The van der Waals surface area contributed by atoms with Gasteiger partial charge >= 0.3 is 0 Å². The number of guanidine groups is 1. The topological polar surface area (TPSA) is 64.1 Å². The van der Waals surface area contributed by atoms with Crippen molar-refractivity contribution in [2.75, 3.05) is 33.0 Å². The fourth-order valence-corrected chi connectivity index (χ4v) is 2.74. The van der Waals surface area contributed by atoms with E-state index in [9.17, 15) is 0 Å². The van der Waals surface area contributed by atoms with E-state index in [-0.39, 0.29) is 30.1 Å². The molecule has 0 spiro atoms. The maximum Gasteiger partial charge on any atom is 0.231 e. The van der Waals surface area contributed by atoms with Crippen molar-refractivity contribution in [3.05, 3.63) is 23.8 Å². The molecule has 1 saturated heterocycles. The Bertz CT molecular complexity index is 548. The molecule has 0 saturated carbocycles. The van der Waals surface area contributed by atoms with E-state index in [1.807, 2.05) is 12.1 Å². The highest BCUT2D eigenvalue weighted by Gasteiger charge is 2.15. The number of nitrogens with one attached hydrogen (secondary N) is 2. The fraction of sp³-hybridized carbons (Fsp3) is 0.588. The molecular weight excluding hydrogens is 421 g/mol. The van der Waals surface area contributed by atoms with Crippen molar-refractivity contribution in [3.8, 4) is 11.5 Å². The third-order valence-corrected chi connectivity index (χ3v) is 3.96. The first-order chi connectivity index (χ1) is 11.3. The number of nitrogens with zero attached hydrogens (tertiary/aromatic N) is 1. The van der Waals surface area contributed by atoms with E-state index in [1.165, 1.54) is 5.56 Å². The smallest absolute Gasteiger partial charge is 0.231 e. The van der Waals surface area contributed by atoms with E-state index >= 15 is 0 Å². The van der Waals surface area contributed by atoms with Gasteiger partial charge in [0.15, 0.2) is 17.5 Å². The fourth-order valence-electron chi connectivity index (χ4n) is 2.74. The highest BCUT2D eigenvalue weighted by molar-refractivity contribution is 14.0. The second-order valence-corrected chi connectivity index (χ2v) is 5.72. The van der Waals surface area contributed by atoms with Crippen LogP contribution in [0, 0.1) is 0 Å². The Kier molecular flexibility index (Phi) is 7.90. The summed E-state index contributed by atoms with van der Waals surface area (Å²) in [5.41, 5.74) is 1.22. The molecule has 0 aromatic heterocycles. The predicted molar refractivity (Wildman–Crippen MR) is 105 cm³/mol. The van der Waals surface area contributed by atoms with Gasteiger partial charge in [0.2, 0.25) is 6.79 Å². The van der Waals surface area contributed by atoms with Gasteiger partial charge in [-0.2, -0.15) is 0 Å². The van der Waals surface area contributed by atoms with Crippen LogP contribution in [-0.4, -0.2) is 45.1 Å². The van der Waals surface area contributed by atoms with Gasteiger partial charge in [0.1, 0.15) is 0 Å². The lowest BCUT2D eigenvalue weighted by Crippen LogP contribution is -2.38. The third-order valence-electron chi connectivity index (χ3n) is 3.96. The van der Waals surface area contributed by atoms with Crippen LogP contribution < -0.4 is 20.1 Å². The molecule has 24 heavy (non-hydrogen) atoms. The Labute approximate surface area is 160 Å². The molecule has 2 heterocycles. The molecule has 2 N–H and O–H groups in total. The van der Waals surface area contributed by atoms with Crippen LogP contribution in [0.5, 0.6) is 11.5 Å². The van der Waals surface area contributed by atoms with E-state index < -0.39 is 0 Å². The van der Waals surface area contributed by atoms with E-state index in [4.69, 9.17) is 14.2 Å². The Morgan fingerprint density at radius 3 is 2.92 bits per heavy atom. The van der Waals surface area contributed by atoms with Crippen LogP contribution in [0.25, 0.3) is 0 Å². The number of hydrogen-bond donors (Lipinski definition) is 2. The van der Waals surface area contributed by atoms with Gasteiger partial charge in [0.05, 0.1) is 12.6 Å². The molecule has 1 fully saturated rings. The van der Waals surface area contributed by atoms with Gasteiger partial charge in [0, 0.05) is 19.7 Å². The molecule has 134 valence electrons. The van der Waals surface area contributed by atoms with Crippen LogP contribution in [0.15, 0.2) is 23.2 Å². The largest absolute Gasteiger partial charge is 0.454 e. The zero-order chi connectivity index (χ0) is 15.9. The second kappa shape index (κ2) is 9.93. The molecule has 0 amide bonds. The monoisotopic (exact) mass is 447 g/mol. The van der Waals surface area contributed by atoms with Crippen LogP contribution in [-0.2, 0) is 11.2 Å². The summed E-state index contributed by atoms with van der Waals surface area (Å²) in [5.74, 6) is 2.51. The summed E-state index contributed by atoms with van der Waals surface area (Å²) in [6.45, 7) is 5.64. The minimum absolute atomic E-state index is 0. The van der Waals surface area contributed by atoms with E-state index in [0.29, 0.717) is 6.79 Å². The lowest BCUT2D eigenvalue weighted by molar-refractivity contribution is 0.117. The van der Waals surface area contributed by atoms with Crippen molar-refractivity contribution in [2.45, 2.75) is 32.3 Å². The van der Waals surface area contributed by atoms with Gasteiger partial charge in [-0.15, -0.1) is 24.0 Å². The Balaban J connectivity index is 0.00000208. The number of benzene rings is 1. The third kappa shape index (κ3) is 5.41. The molecule has 1 aromatic carbocycles. The highest BCUT2D eigenvalue weighted by Crippen LogP contribution is 2.32. The minimum atomic E-state index is 0. The maximum absolute atomic E-state index is 5.61. The first kappa shape index (κ1) is 19.1. The van der Waals surface area contributed by atoms with Crippen LogP contribution in [0.2, 0.25) is 0 Å². The Hall–Kier alpha value is -1.22. The van der Waals surface area contributed by atoms with Crippen LogP contribution in [0.3, 0.4) is 0 Å². The number of aliphatic imine (C=N–C) groups is 1. The summed E-state index contributed by atoms with van der Waals surface area (Å²) in [6, 6.07) is 6.08. The van der Waals surface area contributed by atoms with Gasteiger partial charge in [0.25, 0.3) is 0 Å². The summed E-state index contributed by atoms with van der Waals surface area (Å²) in [5, 5.41) is 6.65. The first-order valence-corrected chi connectivity index (χ1v) is 8.37. The molecule has 6 nitrogen and oxygen atoms in total. The summed E-state index contributed by atoms with van der Waals surface area (Å²) in [4.78, 5) is 4.61. The zero-order valence-corrected chi connectivity index (χ0v) is 16.4. The average Bonchev–Trinajstić information content (AvgIpc) is 3.23. The van der Waals surface area contributed by atoms with Crippen LogP contribution >= 0.6 is 24.0 Å². The average molecular weight is 447 g/mol. The molecule has 2 aliphatic heterocycles. The summed E-state index contributed by atoms with van der Waals surface area (Å²) >= 11 is 0. The number of halogens is 1. The first-order valence-electron chi connectivity index (χ1n) is 8.37. The molecule has 2 aliphatic rings. The summed E-state index contributed by atoms with van der Waals surface area (Å²) < 4.78 is 16.3. The molecule has 0 aliphatic carbocycles. The molecule has 3 rings (SSSR count). The highest BCUT2D eigenvalue weighted by atomic mass is 127. The Morgan fingerprint density at radius 2 is 2.12 bits per heavy atom. The standard InChI is InChI=1S/C17H25N3O3.HI/c1-2-18-17(20-11-14-4-3-9-21-14)19-8-7-13-5-6-15-16(10-13)23-12-22-15;/h5-6,10,14H,2-4,7-9,11-12H2,1H3,(H2,18,19,20);1H. The SMILES string of the molecule is CCNC(=NCC1CCCO1)NCCc1ccc2c(c1)OCO2.I. The Morgan fingerprint density at radius 1 is 1.25 bits per heavy atom. The quantitative estimate of drug-likeness (QED) is 0.398. The molecule has 7 heteroatoms. The lowest BCUT2D eigenvalue weighted by atomic mass is 10.1. The molecule has 1 atom stereocenters. The number of rotatable bonds is 6. The van der Waals surface area contributed by atoms with Gasteiger partial charge in [-0.05, 0) is 43.9 Å². The molecule has 0 bridgehead atoms. The van der Waals surface area contributed by atoms with E-state index in [2.05, 4.69) is 28.6 Å². The summed E-state index contributed by atoms with van der Waals surface area (Å²) in [6.07, 6.45) is 3.44. The molecule has 1 aromatic rings. The van der Waals surface area contributed by atoms with Crippen molar-refractivity contribution in [1.29, 1.82) is 0 Å². The predicted octanol–water partition coefficient (Wildman–Crippen LogP) is 2.31. The van der Waals surface area contributed by atoms with Crippen LogP contribution in [0.1, 0.15) is 25.3 Å². The van der Waals surface area contributed by atoms with Crippen LogP contribution in [0.4, 0.5) is 0 Å². The van der Waals surface area contributed by atoms with Crippen molar-refractivity contribution < 1.29 is 14.2 Å². The van der Waals surface area contributed by atoms with Gasteiger partial charge < -0.3 is 24.8 Å².